The van der Waals surface area contributed by atoms with Gasteiger partial charge in [0.2, 0.25) is 5.91 Å². The van der Waals surface area contributed by atoms with Gasteiger partial charge in [-0.1, -0.05) is 6.07 Å². The lowest BCUT2D eigenvalue weighted by Gasteiger charge is -2.10. The number of amides is 1. The van der Waals surface area contributed by atoms with Gasteiger partial charge in [0.15, 0.2) is 11.6 Å². The highest BCUT2D eigenvalue weighted by atomic mass is 19.1. The van der Waals surface area contributed by atoms with E-state index in [2.05, 4.69) is 5.32 Å². The molecule has 4 heteroatoms. The fraction of sp³-hybridized carbons (Fsp3) is 0.417. The minimum absolute atomic E-state index is 0.0824. The van der Waals surface area contributed by atoms with Crippen molar-refractivity contribution in [2.24, 2.45) is 0 Å². The first-order valence-electron chi connectivity index (χ1n) is 5.31. The van der Waals surface area contributed by atoms with E-state index >= 15 is 0 Å². The molecule has 0 saturated carbocycles. The predicted molar refractivity (Wildman–Crippen MR) is 57.8 cm³/mol. The van der Waals surface area contributed by atoms with E-state index in [4.69, 9.17) is 4.74 Å². The zero-order valence-electron chi connectivity index (χ0n) is 9.13. The van der Waals surface area contributed by atoms with Crippen molar-refractivity contribution in [1.82, 2.24) is 5.32 Å². The van der Waals surface area contributed by atoms with Crippen LogP contribution in [0.3, 0.4) is 0 Å². The maximum Gasteiger partial charge on any atom is 0.220 e. The van der Waals surface area contributed by atoms with E-state index < -0.39 is 0 Å². The first-order valence-corrected chi connectivity index (χ1v) is 5.31. The monoisotopic (exact) mass is 223 g/mol. The third kappa shape index (κ3) is 2.32. The molecule has 1 fully saturated rings. The lowest BCUT2D eigenvalue weighted by molar-refractivity contribution is -0.119. The molecular formula is C12H14FNO2. The number of hydrogen-bond acceptors (Lipinski definition) is 2. The average Bonchev–Trinajstić information content (AvgIpc) is 2.64. The van der Waals surface area contributed by atoms with Gasteiger partial charge in [0, 0.05) is 12.5 Å². The summed E-state index contributed by atoms with van der Waals surface area (Å²) < 4.78 is 18.2. The molecule has 16 heavy (non-hydrogen) atoms. The topological polar surface area (TPSA) is 38.3 Å². The van der Waals surface area contributed by atoms with Gasteiger partial charge in [-0.25, -0.2) is 4.39 Å². The smallest absolute Gasteiger partial charge is 0.220 e. The molecule has 1 unspecified atom stereocenters. The number of halogens is 1. The zero-order chi connectivity index (χ0) is 11.5. The van der Waals surface area contributed by atoms with E-state index in [1.165, 1.54) is 13.2 Å². The number of methoxy groups -OCH3 is 1. The highest BCUT2D eigenvalue weighted by molar-refractivity contribution is 5.78. The minimum atomic E-state index is -0.357. The molecule has 1 aliphatic rings. The van der Waals surface area contributed by atoms with E-state index in [9.17, 15) is 9.18 Å². The SMILES string of the molecule is COc1ccc(CC2CCC(=O)N2)cc1F. The molecule has 1 amide bonds. The molecule has 0 bridgehead atoms. The summed E-state index contributed by atoms with van der Waals surface area (Å²) in [5.41, 5.74) is 0.880. The van der Waals surface area contributed by atoms with Crippen LogP contribution in [-0.2, 0) is 11.2 Å². The second-order valence-electron chi connectivity index (χ2n) is 3.98. The number of hydrogen-bond donors (Lipinski definition) is 1. The Kier molecular flexibility index (Phi) is 3.08. The zero-order valence-corrected chi connectivity index (χ0v) is 9.13. The van der Waals surface area contributed by atoms with Crippen LogP contribution in [0, 0.1) is 5.82 Å². The fourth-order valence-corrected chi connectivity index (χ4v) is 1.95. The Balaban J connectivity index is 2.04. The third-order valence-electron chi connectivity index (χ3n) is 2.78. The summed E-state index contributed by atoms with van der Waals surface area (Å²) in [6.07, 6.45) is 2.07. The van der Waals surface area contributed by atoms with Crippen LogP contribution < -0.4 is 10.1 Å². The Morgan fingerprint density at radius 3 is 2.94 bits per heavy atom. The normalized spacial score (nSPS) is 19.6. The van der Waals surface area contributed by atoms with Gasteiger partial charge in [0.1, 0.15) is 0 Å². The maximum atomic E-state index is 13.4. The standard InChI is InChI=1S/C12H14FNO2/c1-16-11-4-2-8(7-10(11)13)6-9-3-5-12(15)14-9/h2,4,7,9H,3,5-6H2,1H3,(H,14,15). The van der Waals surface area contributed by atoms with Crippen LogP contribution in [0.15, 0.2) is 18.2 Å². The fourth-order valence-electron chi connectivity index (χ4n) is 1.95. The summed E-state index contributed by atoms with van der Waals surface area (Å²) in [6, 6.07) is 5.04. The predicted octanol–water partition coefficient (Wildman–Crippen LogP) is 1.66. The Labute approximate surface area is 93.6 Å². The van der Waals surface area contributed by atoms with E-state index in [0.29, 0.717) is 12.8 Å². The van der Waals surface area contributed by atoms with Crippen LogP contribution in [0.5, 0.6) is 5.75 Å². The number of ether oxygens (including phenoxy) is 1. The quantitative estimate of drug-likeness (QED) is 0.846. The van der Waals surface area contributed by atoms with Crippen LogP contribution in [-0.4, -0.2) is 19.1 Å². The maximum absolute atomic E-state index is 13.4. The summed E-state index contributed by atoms with van der Waals surface area (Å²) in [6.45, 7) is 0. The van der Waals surface area contributed by atoms with Gasteiger partial charge >= 0.3 is 0 Å². The number of benzene rings is 1. The van der Waals surface area contributed by atoms with Gasteiger partial charge in [0.05, 0.1) is 7.11 Å². The lowest BCUT2D eigenvalue weighted by atomic mass is 10.0. The molecule has 1 saturated heterocycles. The van der Waals surface area contributed by atoms with Crippen molar-refractivity contribution in [3.8, 4) is 5.75 Å². The molecule has 1 aliphatic heterocycles. The largest absolute Gasteiger partial charge is 0.494 e. The Morgan fingerprint density at radius 1 is 1.56 bits per heavy atom. The molecule has 1 atom stereocenters. The molecule has 0 aliphatic carbocycles. The summed E-state index contributed by atoms with van der Waals surface area (Å²) >= 11 is 0. The molecule has 86 valence electrons. The van der Waals surface area contributed by atoms with E-state index in [1.54, 1.807) is 6.07 Å². The van der Waals surface area contributed by atoms with Gasteiger partial charge < -0.3 is 10.1 Å². The molecule has 1 aromatic carbocycles. The van der Waals surface area contributed by atoms with Crippen LogP contribution in [0.1, 0.15) is 18.4 Å². The van der Waals surface area contributed by atoms with Crippen molar-refractivity contribution >= 4 is 5.91 Å². The molecule has 1 aromatic rings. The molecular weight excluding hydrogens is 209 g/mol. The number of nitrogens with one attached hydrogen (secondary N) is 1. The summed E-state index contributed by atoms with van der Waals surface area (Å²) in [7, 11) is 1.44. The average molecular weight is 223 g/mol. The van der Waals surface area contributed by atoms with Crippen LogP contribution in [0.2, 0.25) is 0 Å². The summed E-state index contributed by atoms with van der Waals surface area (Å²) in [4.78, 5) is 11.0. The van der Waals surface area contributed by atoms with Gasteiger partial charge in [-0.3, -0.25) is 4.79 Å². The Hall–Kier alpha value is -1.58. The molecule has 3 nitrogen and oxygen atoms in total. The number of carbonyl (C=O) groups excluding carboxylic acids is 1. The molecule has 0 spiro atoms. The summed E-state index contributed by atoms with van der Waals surface area (Å²) in [5.74, 6) is -0.0254. The molecule has 2 rings (SSSR count). The van der Waals surface area contributed by atoms with Crippen LogP contribution in [0.25, 0.3) is 0 Å². The first kappa shape index (κ1) is 10.9. The molecule has 0 radical (unpaired) electrons. The highest BCUT2D eigenvalue weighted by Gasteiger charge is 2.21. The lowest BCUT2D eigenvalue weighted by Crippen LogP contribution is -2.27. The number of carbonyl (C=O) groups is 1. The van der Waals surface area contributed by atoms with E-state index in [-0.39, 0.29) is 23.5 Å². The van der Waals surface area contributed by atoms with Gasteiger partial charge in [-0.2, -0.15) is 0 Å². The van der Waals surface area contributed by atoms with Crippen molar-refractivity contribution in [2.75, 3.05) is 7.11 Å². The first-order chi connectivity index (χ1) is 7.69. The van der Waals surface area contributed by atoms with E-state index in [1.807, 2.05) is 6.07 Å². The second-order valence-corrected chi connectivity index (χ2v) is 3.98. The Morgan fingerprint density at radius 2 is 2.38 bits per heavy atom. The van der Waals surface area contributed by atoms with Gasteiger partial charge in [-0.15, -0.1) is 0 Å². The van der Waals surface area contributed by atoms with E-state index in [0.717, 1.165) is 12.0 Å². The Bertz CT molecular complexity index is 406. The molecule has 1 N–H and O–H groups in total. The van der Waals surface area contributed by atoms with Gasteiger partial charge in [0.25, 0.3) is 0 Å². The minimum Gasteiger partial charge on any atom is -0.494 e. The van der Waals surface area contributed by atoms with Crippen molar-refractivity contribution in [2.45, 2.75) is 25.3 Å². The third-order valence-corrected chi connectivity index (χ3v) is 2.78. The van der Waals surface area contributed by atoms with Crippen molar-refractivity contribution in [1.29, 1.82) is 0 Å². The number of rotatable bonds is 3. The van der Waals surface area contributed by atoms with Crippen LogP contribution in [0.4, 0.5) is 4.39 Å². The molecule has 0 aromatic heterocycles. The second kappa shape index (κ2) is 4.51. The van der Waals surface area contributed by atoms with Gasteiger partial charge in [-0.05, 0) is 30.5 Å². The van der Waals surface area contributed by atoms with Crippen molar-refractivity contribution in [3.05, 3.63) is 29.6 Å². The summed E-state index contributed by atoms with van der Waals surface area (Å²) in [5, 5.41) is 2.86. The van der Waals surface area contributed by atoms with Crippen LogP contribution >= 0.6 is 0 Å². The van der Waals surface area contributed by atoms with Crippen molar-refractivity contribution in [3.63, 3.8) is 0 Å². The highest BCUT2D eigenvalue weighted by Crippen LogP contribution is 2.20. The van der Waals surface area contributed by atoms with Crippen molar-refractivity contribution < 1.29 is 13.9 Å². The molecule has 1 heterocycles.